The second kappa shape index (κ2) is 4.23. The molecular formula is C10H14FNO. The Morgan fingerprint density at radius 2 is 2.15 bits per heavy atom. The molecule has 13 heavy (non-hydrogen) atoms. The van der Waals surface area contributed by atoms with Gasteiger partial charge in [-0.25, -0.2) is 4.39 Å². The summed E-state index contributed by atoms with van der Waals surface area (Å²) in [6.07, 6.45) is 0.0980. The van der Waals surface area contributed by atoms with Crippen molar-refractivity contribution in [3.8, 4) is 0 Å². The molecule has 0 heterocycles. The Bertz CT molecular complexity index is 286. The van der Waals surface area contributed by atoms with E-state index in [-0.39, 0.29) is 24.2 Å². The van der Waals surface area contributed by atoms with Crippen LogP contribution in [0.3, 0.4) is 0 Å². The molecule has 2 N–H and O–H groups in total. The van der Waals surface area contributed by atoms with E-state index in [1.807, 2.05) is 13.8 Å². The fourth-order valence-electron chi connectivity index (χ4n) is 0.968. The molecule has 0 bridgehead atoms. The lowest BCUT2D eigenvalue weighted by Crippen LogP contribution is -2.04. The maximum absolute atomic E-state index is 13.2. The average molecular weight is 183 g/mol. The number of hydrogen-bond acceptors (Lipinski definition) is 2. The largest absolute Gasteiger partial charge is 0.396 e. The first kappa shape index (κ1) is 9.99. The van der Waals surface area contributed by atoms with Crippen molar-refractivity contribution < 1.29 is 9.13 Å². The van der Waals surface area contributed by atoms with Crippen molar-refractivity contribution in [3.63, 3.8) is 0 Å². The molecule has 0 atom stereocenters. The van der Waals surface area contributed by atoms with Gasteiger partial charge in [-0.1, -0.05) is 12.1 Å². The second-order valence-electron chi connectivity index (χ2n) is 3.18. The fourth-order valence-corrected chi connectivity index (χ4v) is 0.968. The highest BCUT2D eigenvalue weighted by atomic mass is 19.1. The zero-order valence-corrected chi connectivity index (χ0v) is 7.88. The molecule has 0 aliphatic carbocycles. The SMILES string of the molecule is CC(C)OCc1cccc(N)c1F. The molecule has 0 aromatic heterocycles. The van der Waals surface area contributed by atoms with E-state index in [0.29, 0.717) is 5.56 Å². The van der Waals surface area contributed by atoms with E-state index in [2.05, 4.69) is 0 Å². The molecule has 3 heteroatoms. The number of rotatable bonds is 3. The molecule has 0 spiro atoms. The zero-order valence-electron chi connectivity index (χ0n) is 7.88. The summed E-state index contributed by atoms with van der Waals surface area (Å²) in [5.41, 5.74) is 6.08. The van der Waals surface area contributed by atoms with Crippen molar-refractivity contribution >= 4 is 5.69 Å². The van der Waals surface area contributed by atoms with Gasteiger partial charge in [0.1, 0.15) is 0 Å². The van der Waals surface area contributed by atoms with Crippen LogP contribution in [0.5, 0.6) is 0 Å². The summed E-state index contributed by atoms with van der Waals surface area (Å²) in [6, 6.07) is 4.93. The van der Waals surface area contributed by atoms with Crippen molar-refractivity contribution in [3.05, 3.63) is 29.6 Å². The molecule has 0 amide bonds. The van der Waals surface area contributed by atoms with Crippen LogP contribution in [0.15, 0.2) is 18.2 Å². The summed E-state index contributed by atoms with van der Waals surface area (Å²) < 4.78 is 18.5. The first-order valence-corrected chi connectivity index (χ1v) is 4.25. The first-order valence-electron chi connectivity index (χ1n) is 4.25. The molecule has 72 valence electrons. The van der Waals surface area contributed by atoms with Gasteiger partial charge in [0.25, 0.3) is 0 Å². The molecule has 1 aromatic carbocycles. The van der Waals surface area contributed by atoms with Crippen LogP contribution < -0.4 is 5.73 Å². The highest BCUT2D eigenvalue weighted by Crippen LogP contribution is 2.15. The smallest absolute Gasteiger partial charge is 0.151 e. The number of benzene rings is 1. The van der Waals surface area contributed by atoms with E-state index in [1.54, 1.807) is 12.1 Å². The quantitative estimate of drug-likeness (QED) is 0.730. The third-order valence-corrected chi connectivity index (χ3v) is 1.68. The third-order valence-electron chi connectivity index (χ3n) is 1.68. The Morgan fingerprint density at radius 3 is 2.77 bits per heavy atom. The topological polar surface area (TPSA) is 35.2 Å². The summed E-state index contributed by atoms with van der Waals surface area (Å²) in [7, 11) is 0. The summed E-state index contributed by atoms with van der Waals surface area (Å²) in [5, 5.41) is 0. The maximum Gasteiger partial charge on any atom is 0.151 e. The molecule has 0 saturated carbocycles. The average Bonchev–Trinajstić information content (AvgIpc) is 2.07. The van der Waals surface area contributed by atoms with Crippen LogP contribution in [0.1, 0.15) is 19.4 Å². The summed E-state index contributed by atoms with van der Waals surface area (Å²) in [6.45, 7) is 4.09. The summed E-state index contributed by atoms with van der Waals surface area (Å²) >= 11 is 0. The van der Waals surface area contributed by atoms with Gasteiger partial charge in [-0.2, -0.15) is 0 Å². The third kappa shape index (κ3) is 2.70. The molecule has 0 saturated heterocycles. The van der Waals surface area contributed by atoms with Crippen molar-refractivity contribution in [2.75, 3.05) is 5.73 Å². The Kier molecular flexibility index (Phi) is 3.25. The number of ether oxygens (including phenoxy) is 1. The van der Waals surface area contributed by atoms with Crippen LogP contribution in [0.4, 0.5) is 10.1 Å². The molecule has 0 aliphatic rings. The summed E-state index contributed by atoms with van der Waals surface area (Å²) in [4.78, 5) is 0. The lowest BCUT2D eigenvalue weighted by atomic mass is 10.2. The molecule has 0 aliphatic heterocycles. The lowest BCUT2D eigenvalue weighted by Gasteiger charge is -2.08. The van der Waals surface area contributed by atoms with Gasteiger partial charge in [-0.3, -0.25) is 0 Å². The van der Waals surface area contributed by atoms with E-state index in [4.69, 9.17) is 10.5 Å². The number of anilines is 1. The van der Waals surface area contributed by atoms with E-state index in [1.165, 1.54) is 6.07 Å². The van der Waals surface area contributed by atoms with Gasteiger partial charge in [-0.05, 0) is 19.9 Å². The van der Waals surface area contributed by atoms with E-state index in [9.17, 15) is 4.39 Å². The normalized spacial score (nSPS) is 10.8. The second-order valence-corrected chi connectivity index (χ2v) is 3.18. The molecule has 0 fully saturated rings. The summed E-state index contributed by atoms with van der Waals surface area (Å²) in [5.74, 6) is -0.372. The minimum absolute atomic E-state index is 0.0980. The number of nitrogens with two attached hydrogens (primary N) is 1. The minimum atomic E-state index is -0.372. The van der Waals surface area contributed by atoms with Crippen molar-refractivity contribution in [2.45, 2.75) is 26.6 Å². The van der Waals surface area contributed by atoms with Gasteiger partial charge in [-0.15, -0.1) is 0 Å². The van der Waals surface area contributed by atoms with Crippen LogP contribution in [0, 0.1) is 5.82 Å². The van der Waals surface area contributed by atoms with Gasteiger partial charge >= 0.3 is 0 Å². The van der Waals surface area contributed by atoms with Crippen molar-refractivity contribution in [1.29, 1.82) is 0 Å². The predicted octanol–water partition coefficient (Wildman–Crippen LogP) is 2.33. The molecular weight excluding hydrogens is 169 g/mol. The van der Waals surface area contributed by atoms with Gasteiger partial charge in [0.2, 0.25) is 0 Å². The highest BCUT2D eigenvalue weighted by Gasteiger charge is 2.05. The number of halogens is 1. The van der Waals surface area contributed by atoms with Crippen LogP contribution in [-0.4, -0.2) is 6.10 Å². The standard InChI is InChI=1S/C10H14FNO/c1-7(2)13-6-8-4-3-5-9(12)10(8)11/h3-5,7H,6,12H2,1-2H3. The zero-order chi connectivity index (χ0) is 9.84. The number of hydrogen-bond donors (Lipinski definition) is 1. The van der Waals surface area contributed by atoms with Crippen LogP contribution in [-0.2, 0) is 11.3 Å². The maximum atomic E-state index is 13.2. The molecule has 1 rings (SSSR count). The molecule has 0 radical (unpaired) electrons. The van der Waals surface area contributed by atoms with Crippen LogP contribution in [0.25, 0.3) is 0 Å². The fraction of sp³-hybridized carbons (Fsp3) is 0.400. The Hall–Kier alpha value is -1.09. The van der Waals surface area contributed by atoms with E-state index < -0.39 is 0 Å². The Labute approximate surface area is 77.5 Å². The van der Waals surface area contributed by atoms with Gasteiger partial charge in [0.05, 0.1) is 18.4 Å². The van der Waals surface area contributed by atoms with E-state index >= 15 is 0 Å². The van der Waals surface area contributed by atoms with Crippen molar-refractivity contribution in [1.82, 2.24) is 0 Å². The number of nitrogen functional groups attached to an aromatic ring is 1. The minimum Gasteiger partial charge on any atom is -0.396 e. The molecule has 0 unspecified atom stereocenters. The Balaban J connectivity index is 2.71. The van der Waals surface area contributed by atoms with Gasteiger partial charge < -0.3 is 10.5 Å². The van der Waals surface area contributed by atoms with Crippen LogP contribution in [0.2, 0.25) is 0 Å². The predicted molar refractivity (Wildman–Crippen MR) is 50.7 cm³/mol. The van der Waals surface area contributed by atoms with Crippen molar-refractivity contribution in [2.24, 2.45) is 0 Å². The molecule has 1 aromatic rings. The lowest BCUT2D eigenvalue weighted by molar-refractivity contribution is 0.0640. The van der Waals surface area contributed by atoms with Crippen LogP contribution >= 0.6 is 0 Å². The van der Waals surface area contributed by atoms with Gasteiger partial charge in [0.15, 0.2) is 5.82 Å². The first-order chi connectivity index (χ1) is 6.11. The monoisotopic (exact) mass is 183 g/mol. The Morgan fingerprint density at radius 1 is 1.46 bits per heavy atom. The molecule has 2 nitrogen and oxygen atoms in total. The highest BCUT2D eigenvalue weighted by molar-refractivity contribution is 5.42. The van der Waals surface area contributed by atoms with E-state index in [0.717, 1.165) is 0 Å². The van der Waals surface area contributed by atoms with Gasteiger partial charge in [0, 0.05) is 5.56 Å².